The van der Waals surface area contributed by atoms with Crippen molar-refractivity contribution in [2.24, 2.45) is 0 Å². The van der Waals surface area contributed by atoms with Crippen molar-refractivity contribution in [3.05, 3.63) is 29.8 Å². The standard InChI is InChI=1S/C17H26N2O3S/c1-18(2)23(20,21)15-7-5-6-14(12-15)13-19-10-11-22-17-9-4-3-8-16(17)19/h5-7,12,16-17H,3-4,8-11,13H2,1-2H3. The molecule has 128 valence electrons. The number of nitrogens with zero attached hydrogens (tertiary/aromatic N) is 2. The highest BCUT2D eigenvalue weighted by molar-refractivity contribution is 7.89. The summed E-state index contributed by atoms with van der Waals surface area (Å²) in [7, 11) is -0.241. The van der Waals surface area contributed by atoms with Crippen LogP contribution < -0.4 is 0 Å². The summed E-state index contributed by atoms with van der Waals surface area (Å²) in [6.45, 7) is 2.49. The molecule has 0 amide bonds. The van der Waals surface area contributed by atoms with Crippen LogP contribution in [0.5, 0.6) is 0 Å². The molecule has 1 saturated carbocycles. The first-order valence-corrected chi connectivity index (χ1v) is 9.79. The molecule has 1 heterocycles. The van der Waals surface area contributed by atoms with E-state index in [0.29, 0.717) is 17.0 Å². The van der Waals surface area contributed by atoms with Gasteiger partial charge in [-0.1, -0.05) is 25.0 Å². The summed E-state index contributed by atoms with van der Waals surface area (Å²) >= 11 is 0. The molecule has 2 aliphatic rings. The molecule has 0 aromatic heterocycles. The maximum Gasteiger partial charge on any atom is 0.242 e. The number of hydrogen-bond acceptors (Lipinski definition) is 4. The van der Waals surface area contributed by atoms with Gasteiger partial charge in [0.05, 0.1) is 17.6 Å². The van der Waals surface area contributed by atoms with Crippen LogP contribution >= 0.6 is 0 Å². The largest absolute Gasteiger partial charge is 0.375 e. The molecule has 0 radical (unpaired) electrons. The Morgan fingerprint density at radius 1 is 1.26 bits per heavy atom. The number of sulfonamides is 1. The molecule has 1 aromatic rings. The number of rotatable bonds is 4. The highest BCUT2D eigenvalue weighted by atomic mass is 32.2. The molecular formula is C17H26N2O3S. The van der Waals surface area contributed by atoms with Crippen molar-refractivity contribution >= 4 is 10.0 Å². The molecule has 1 saturated heterocycles. The van der Waals surface area contributed by atoms with Crippen molar-refractivity contribution in [3.63, 3.8) is 0 Å². The quantitative estimate of drug-likeness (QED) is 0.843. The normalized spacial score (nSPS) is 26.2. The van der Waals surface area contributed by atoms with E-state index in [1.165, 1.54) is 23.6 Å². The van der Waals surface area contributed by atoms with Crippen molar-refractivity contribution in [3.8, 4) is 0 Å². The fourth-order valence-corrected chi connectivity index (χ4v) is 4.59. The first-order chi connectivity index (χ1) is 11.0. The SMILES string of the molecule is CN(C)S(=O)(=O)c1cccc(CN2CCOC3CCCCC32)c1. The monoisotopic (exact) mass is 338 g/mol. The molecule has 1 aromatic carbocycles. The predicted octanol–water partition coefficient (Wildman–Crippen LogP) is 2.08. The number of ether oxygens (including phenoxy) is 1. The molecule has 23 heavy (non-hydrogen) atoms. The minimum absolute atomic E-state index is 0.353. The lowest BCUT2D eigenvalue weighted by Gasteiger charge is -2.43. The van der Waals surface area contributed by atoms with Gasteiger partial charge in [-0.05, 0) is 30.5 Å². The van der Waals surface area contributed by atoms with E-state index in [9.17, 15) is 8.42 Å². The van der Waals surface area contributed by atoms with E-state index in [0.717, 1.165) is 31.7 Å². The van der Waals surface area contributed by atoms with E-state index in [-0.39, 0.29) is 0 Å². The van der Waals surface area contributed by atoms with E-state index in [1.807, 2.05) is 18.2 Å². The highest BCUT2D eigenvalue weighted by Crippen LogP contribution is 2.29. The molecule has 2 atom stereocenters. The summed E-state index contributed by atoms with van der Waals surface area (Å²) in [6.07, 6.45) is 5.20. The lowest BCUT2D eigenvalue weighted by molar-refractivity contribution is -0.0911. The third-order valence-electron chi connectivity index (χ3n) is 4.91. The van der Waals surface area contributed by atoms with Gasteiger partial charge in [0, 0.05) is 33.2 Å². The van der Waals surface area contributed by atoms with E-state index in [1.54, 1.807) is 20.2 Å². The fourth-order valence-electron chi connectivity index (χ4n) is 3.62. The first-order valence-electron chi connectivity index (χ1n) is 8.35. The van der Waals surface area contributed by atoms with Crippen LogP contribution in [0.25, 0.3) is 0 Å². The predicted molar refractivity (Wildman–Crippen MR) is 89.7 cm³/mol. The molecule has 1 aliphatic heterocycles. The van der Waals surface area contributed by atoms with Crippen LogP contribution in [-0.4, -0.2) is 57.0 Å². The molecular weight excluding hydrogens is 312 g/mol. The van der Waals surface area contributed by atoms with Crippen molar-refractivity contribution in [2.75, 3.05) is 27.2 Å². The molecule has 2 fully saturated rings. The maximum atomic E-state index is 12.3. The summed E-state index contributed by atoms with van der Waals surface area (Å²) in [4.78, 5) is 2.84. The summed E-state index contributed by atoms with van der Waals surface area (Å²) in [5.41, 5.74) is 1.05. The summed E-state index contributed by atoms with van der Waals surface area (Å²) in [6, 6.07) is 7.81. The van der Waals surface area contributed by atoms with Gasteiger partial charge in [0.1, 0.15) is 0 Å². The molecule has 2 unspecified atom stereocenters. The van der Waals surface area contributed by atoms with Gasteiger partial charge >= 0.3 is 0 Å². The first kappa shape index (κ1) is 16.9. The average Bonchev–Trinajstić information content (AvgIpc) is 2.55. The van der Waals surface area contributed by atoms with Gasteiger partial charge < -0.3 is 4.74 Å². The van der Waals surface area contributed by atoms with Gasteiger partial charge in [0.15, 0.2) is 0 Å². The fraction of sp³-hybridized carbons (Fsp3) is 0.647. The average molecular weight is 338 g/mol. The topological polar surface area (TPSA) is 49.9 Å². The number of fused-ring (bicyclic) bond motifs is 1. The smallest absolute Gasteiger partial charge is 0.242 e. The van der Waals surface area contributed by atoms with Crippen molar-refractivity contribution in [2.45, 2.75) is 49.3 Å². The minimum atomic E-state index is -3.37. The van der Waals surface area contributed by atoms with Gasteiger partial charge in [-0.15, -0.1) is 0 Å². The second-order valence-corrected chi connectivity index (χ2v) is 8.82. The van der Waals surface area contributed by atoms with Crippen LogP contribution in [0.15, 0.2) is 29.2 Å². The lowest BCUT2D eigenvalue weighted by Crippen LogP contribution is -2.52. The van der Waals surface area contributed by atoms with Crippen LogP contribution in [0.3, 0.4) is 0 Å². The molecule has 6 heteroatoms. The Labute approximate surface area is 139 Å². The Morgan fingerprint density at radius 2 is 2.04 bits per heavy atom. The van der Waals surface area contributed by atoms with Crippen LogP contribution in [0.2, 0.25) is 0 Å². The maximum absolute atomic E-state index is 12.3. The minimum Gasteiger partial charge on any atom is -0.375 e. The molecule has 0 bridgehead atoms. The second kappa shape index (κ2) is 6.89. The van der Waals surface area contributed by atoms with E-state index in [4.69, 9.17) is 4.74 Å². The van der Waals surface area contributed by atoms with Gasteiger partial charge in [-0.3, -0.25) is 4.90 Å². The van der Waals surface area contributed by atoms with E-state index < -0.39 is 10.0 Å². The van der Waals surface area contributed by atoms with Gasteiger partial charge in [-0.25, -0.2) is 12.7 Å². The molecule has 0 N–H and O–H groups in total. The number of morpholine rings is 1. The number of hydrogen-bond donors (Lipinski definition) is 0. The van der Waals surface area contributed by atoms with Crippen LogP contribution in [-0.2, 0) is 21.3 Å². The van der Waals surface area contributed by atoms with Gasteiger partial charge in [-0.2, -0.15) is 0 Å². The Morgan fingerprint density at radius 3 is 2.83 bits per heavy atom. The zero-order chi connectivity index (χ0) is 16.4. The van der Waals surface area contributed by atoms with Crippen LogP contribution in [0.4, 0.5) is 0 Å². The highest BCUT2D eigenvalue weighted by Gasteiger charge is 2.34. The molecule has 1 aliphatic carbocycles. The third-order valence-corrected chi connectivity index (χ3v) is 6.72. The Balaban J connectivity index is 1.77. The van der Waals surface area contributed by atoms with Crippen molar-refractivity contribution in [1.29, 1.82) is 0 Å². The van der Waals surface area contributed by atoms with E-state index in [2.05, 4.69) is 4.90 Å². The molecule has 3 rings (SSSR count). The van der Waals surface area contributed by atoms with E-state index >= 15 is 0 Å². The van der Waals surface area contributed by atoms with Gasteiger partial charge in [0.25, 0.3) is 0 Å². The zero-order valence-electron chi connectivity index (χ0n) is 13.9. The van der Waals surface area contributed by atoms with Crippen LogP contribution in [0, 0.1) is 0 Å². The second-order valence-electron chi connectivity index (χ2n) is 6.67. The van der Waals surface area contributed by atoms with Crippen molar-refractivity contribution in [1.82, 2.24) is 9.21 Å². The lowest BCUT2D eigenvalue weighted by atomic mass is 9.90. The zero-order valence-corrected chi connectivity index (χ0v) is 14.8. The summed E-state index contributed by atoms with van der Waals surface area (Å²) < 4.78 is 31.8. The summed E-state index contributed by atoms with van der Waals surface area (Å²) in [5.74, 6) is 0. The molecule has 0 spiro atoms. The Hall–Kier alpha value is -0.950. The molecule has 5 nitrogen and oxygen atoms in total. The summed E-state index contributed by atoms with van der Waals surface area (Å²) in [5, 5.41) is 0. The Kier molecular flexibility index (Phi) is 5.06. The van der Waals surface area contributed by atoms with Crippen molar-refractivity contribution < 1.29 is 13.2 Å². The number of benzene rings is 1. The van der Waals surface area contributed by atoms with Gasteiger partial charge in [0.2, 0.25) is 10.0 Å². The Bertz CT molecular complexity index is 643. The van der Waals surface area contributed by atoms with Crippen LogP contribution in [0.1, 0.15) is 31.2 Å². The third kappa shape index (κ3) is 3.60.